The van der Waals surface area contributed by atoms with Crippen molar-refractivity contribution in [2.45, 2.75) is 89.8 Å². The number of unbranched alkanes of at least 4 members (excludes halogenated alkanes) is 1. The van der Waals surface area contributed by atoms with Gasteiger partial charge in [0.15, 0.2) is 12.3 Å². The maximum atomic E-state index is 13.8. The number of para-hydroxylation sites is 1. The number of piperazine rings is 1. The molecule has 2 aromatic rings. The molecule has 1 aromatic carbocycles. The van der Waals surface area contributed by atoms with Crippen LogP contribution in [0, 0.1) is 0 Å². The lowest BCUT2D eigenvalue weighted by Gasteiger charge is -2.36. The summed E-state index contributed by atoms with van der Waals surface area (Å²) < 4.78 is 17.7. The summed E-state index contributed by atoms with van der Waals surface area (Å²) in [5.74, 6) is -2.00. The van der Waals surface area contributed by atoms with E-state index in [1.165, 1.54) is 10.7 Å². The van der Waals surface area contributed by atoms with Crippen molar-refractivity contribution in [3.8, 4) is 11.6 Å². The Kier molecular flexibility index (Phi) is 14.1. The van der Waals surface area contributed by atoms with Crippen LogP contribution in [0.15, 0.2) is 36.4 Å². The zero-order valence-corrected chi connectivity index (χ0v) is 30.6. The van der Waals surface area contributed by atoms with Gasteiger partial charge in [0.1, 0.15) is 12.1 Å². The van der Waals surface area contributed by atoms with Crippen molar-refractivity contribution in [3.63, 3.8) is 0 Å². The van der Waals surface area contributed by atoms with E-state index in [4.69, 9.17) is 14.2 Å². The van der Waals surface area contributed by atoms with E-state index in [9.17, 15) is 28.8 Å². The normalized spacial score (nSPS) is 17.8. The van der Waals surface area contributed by atoms with Crippen LogP contribution in [0.4, 0.5) is 4.79 Å². The van der Waals surface area contributed by atoms with Gasteiger partial charge in [0.25, 0.3) is 11.8 Å². The molecule has 16 nitrogen and oxygen atoms in total. The Bertz CT molecular complexity index is 1590. The van der Waals surface area contributed by atoms with Gasteiger partial charge >= 0.3 is 12.1 Å². The number of likely N-dealkylation sites (tertiary alicyclic amines) is 1. The van der Waals surface area contributed by atoms with Gasteiger partial charge in [0.2, 0.25) is 17.7 Å². The van der Waals surface area contributed by atoms with Crippen molar-refractivity contribution < 1.29 is 43.0 Å². The lowest BCUT2D eigenvalue weighted by atomic mass is 9.93. The number of hydrogen-bond acceptors (Lipinski definition) is 10. The zero-order chi connectivity index (χ0) is 37.7. The van der Waals surface area contributed by atoms with Crippen molar-refractivity contribution in [3.05, 3.63) is 42.1 Å². The van der Waals surface area contributed by atoms with E-state index >= 15 is 0 Å². The molecule has 288 valence electrons. The third-order valence-electron chi connectivity index (χ3n) is 9.70. The second kappa shape index (κ2) is 19.1. The van der Waals surface area contributed by atoms with E-state index in [1.807, 2.05) is 13.0 Å². The minimum absolute atomic E-state index is 0.0226. The molecule has 5 amide bonds. The summed E-state index contributed by atoms with van der Waals surface area (Å²) in [6.07, 6.45) is 5.36. The van der Waals surface area contributed by atoms with Crippen molar-refractivity contribution in [1.29, 1.82) is 0 Å². The zero-order valence-electron chi connectivity index (χ0n) is 30.6. The predicted octanol–water partition coefficient (Wildman–Crippen LogP) is 2.43. The molecule has 2 saturated heterocycles. The van der Waals surface area contributed by atoms with E-state index in [2.05, 4.69) is 15.7 Å². The third-order valence-corrected chi connectivity index (χ3v) is 9.70. The lowest BCUT2D eigenvalue weighted by Crippen LogP contribution is -2.56. The molecule has 2 aliphatic heterocycles. The van der Waals surface area contributed by atoms with E-state index in [0.717, 1.165) is 32.1 Å². The van der Waals surface area contributed by atoms with Crippen LogP contribution in [0.5, 0.6) is 5.88 Å². The van der Waals surface area contributed by atoms with Gasteiger partial charge in [-0.15, -0.1) is 0 Å². The summed E-state index contributed by atoms with van der Waals surface area (Å²) in [6.45, 7) is 5.22. The van der Waals surface area contributed by atoms with Crippen LogP contribution >= 0.6 is 0 Å². The molecule has 3 aliphatic rings. The molecular weight excluding hydrogens is 686 g/mol. The Hall–Kier alpha value is -5.15. The quantitative estimate of drug-likeness (QED) is 0.192. The molecular formula is C37H51N7O9. The average molecular weight is 738 g/mol. The molecule has 3 heterocycles. The SMILES string of the molecule is CCCCOC(=O)N1CCN(C(=O)C(CCC(=O)OCC)NC(=O)c2cc(OCC(=O)N3CCCC3C(=O)NC3CCC3)n(-c3ccccc3)n2)CC1. The number of amides is 5. The van der Waals surface area contributed by atoms with E-state index in [0.29, 0.717) is 31.7 Å². The van der Waals surface area contributed by atoms with E-state index in [1.54, 1.807) is 45.9 Å². The topological polar surface area (TPSA) is 182 Å². The molecule has 1 saturated carbocycles. The highest BCUT2D eigenvalue weighted by molar-refractivity contribution is 5.96. The van der Waals surface area contributed by atoms with Crippen molar-refractivity contribution in [1.82, 2.24) is 35.1 Å². The summed E-state index contributed by atoms with van der Waals surface area (Å²) in [4.78, 5) is 83.1. The van der Waals surface area contributed by atoms with E-state index in [-0.39, 0.29) is 81.7 Å². The summed E-state index contributed by atoms with van der Waals surface area (Å²) in [7, 11) is 0. The fourth-order valence-electron chi connectivity index (χ4n) is 6.45. The number of aromatic nitrogens is 2. The number of rotatable bonds is 16. The number of hydrogen-bond donors (Lipinski definition) is 2. The first-order valence-electron chi connectivity index (χ1n) is 18.7. The summed E-state index contributed by atoms with van der Waals surface area (Å²) in [5, 5.41) is 10.3. The second-order valence-corrected chi connectivity index (χ2v) is 13.4. The van der Waals surface area contributed by atoms with Gasteiger partial charge in [-0.05, 0) is 64.0 Å². The fraction of sp³-hybridized carbons (Fsp3) is 0.595. The first kappa shape index (κ1) is 39.1. The maximum absolute atomic E-state index is 13.8. The van der Waals surface area contributed by atoms with Crippen LogP contribution in [0.1, 0.15) is 82.1 Å². The molecule has 0 bridgehead atoms. The van der Waals surface area contributed by atoms with Crippen molar-refractivity contribution in [2.24, 2.45) is 0 Å². The highest BCUT2D eigenvalue weighted by Crippen LogP contribution is 2.24. The van der Waals surface area contributed by atoms with Gasteiger partial charge in [-0.3, -0.25) is 24.0 Å². The number of carbonyl (C=O) groups is 6. The fourth-order valence-corrected chi connectivity index (χ4v) is 6.45. The molecule has 1 aromatic heterocycles. The first-order valence-corrected chi connectivity index (χ1v) is 18.7. The first-order chi connectivity index (χ1) is 25.7. The number of nitrogens with one attached hydrogen (secondary N) is 2. The van der Waals surface area contributed by atoms with Gasteiger partial charge in [0.05, 0.1) is 18.9 Å². The van der Waals surface area contributed by atoms with Crippen LogP contribution in [-0.4, -0.2) is 131 Å². The third kappa shape index (κ3) is 10.5. The number of esters is 1. The molecule has 16 heteroatoms. The van der Waals surface area contributed by atoms with Gasteiger partial charge in [-0.1, -0.05) is 31.5 Å². The minimum atomic E-state index is -1.10. The molecule has 2 atom stereocenters. The molecule has 0 radical (unpaired) electrons. The van der Waals surface area contributed by atoms with Gasteiger partial charge in [0, 0.05) is 51.3 Å². The maximum Gasteiger partial charge on any atom is 0.409 e. The Labute approximate surface area is 309 Å². The highest BCUT2D eigenvalue weighted by atomic mass is 16.6. The lowest BCUT2D eigenvalue weighted by molar-refractivity contribution is -0.143. The van der Waals surface area contributed by atoms with Gasteiger partial charge in [-0.25, -0.2) is 9.48 Å². The van der Waals surface area contributed by atoms with Crippen LogP contribution in [0.25, 0.3) is 5.69 Å². The van der Waals surface area contributed by atoms with Crippen LogP contribution in [-0.2, 0) is 28.7 Å². The molecule has 2 N–H and O–H groups in total. The number of ether oxygens (including phenoxy) is 3. The van der Waals surface area contributed by atoms with Crippen molar-refractivity contribution in [2.75, 3.05) is 52.5 Å². The molecule has 53 heavy (non-hydrogen) atoms. The second-order valence-electron chi connectivity index (χ2n) is 13.4. The summed E-state index contributed by atoms with van der Waals surface area (Å²) in [5.41, 5.74) is 0.484. The minimum Gasteiger partial charge on any atom is -0.467 e. The molecule has 0 spiro atoms. The van der Waals surface area contributed by atoms with Gasteiger partial charge in [-0.2, -0.15) is 5.10 Å². The summed E-state index contributed by atoms with van der Waals surface area (Å²) >= 11 is 0. The number of nitrogens with zero attached hydrogens (tertiary/aromatic N) is 5. The predicted molar refractivity (Wildman–Crippen MR) is 191 cm³/mol. The molecule has 5 rings (SSSR count). The Morgan fingerprint density at radius 1 is 0.906 bits per heavy atom. The highest BCUT2D eigenvalue weighted by Gasteiger charge is 2.36. The number of benzene rings is 1. The standard InChI is InChI=1S/C37H51N7O9/c1-3-5-23-52-37(50)42-21-19-41(20-22-42)36(49)28(16-17-33(46)51-4-2)39-34(47)29-24-32(44(40-29)27-13-7-6-8-14-27)53-25-31(45)43-18-10-15-30(43)35(48)38-26-11-9-12-26/h6-8,13-14,24,26,28,30H,3-5,9-12,15-23,25H2,1-2H3,(H,38,48)(H,39,47). The average Bonchev–Trinajstić information content (AvgIpc) is 3.83. The van der Waals surface area contributed by atoms with Crippen LogP contribution in [0.2, 0.25) is 0 Å². The van der Waals surface area contributed by atoms with Crippen LogP contribution in [0.3, 0.4) is 0 Å². The Morgan fingerprint density at radius 3 is 2.32 bits per heavy atom. The summed E-state index contributed by atoms with van der Waals surface area (Å²) in [6, 6.07) is 8.81. The van der Waals surface area contributed by atoms with Crippen LogP contribution < -0.4 is 15.4 Å². The molecule has 1 aliphatic carbocycles. The smallest absolute Gasteiger partial charge is 0.409 e. The molecule has 3 fully saturated rings. The Balaban J connectivity index is 1.27. The van der Waals surface area contributed by atoms with E-state index < -0.39 is 36.0 Å². The van der Waals surface area contributed by atoms with Crippen molar-refractivity contribution >= 4 is 35.7 Å². The molecule has 2 unspecified atom stereocenters. The van der Waals surface area contributed by atoms with Gasteiger partial charge < -0.3 is 39.5 Å². The largest absolute Gasteiger partial charge is 0.467 e. The Morgan fingerprint density at radius 2 is 1.64 bits per heavy atom. The number of carbonyl (C=O) groups excluding carboxylic acids is 6. The monoisotopic (exact) mass is 737 g/mol.